The molecule has 0 aliphatic carbocycles. The van der Waals surface area contributed by atoms with E-state index in [4.69, 9.17) is 14.5 Å². The molecule has 3 aliphatic heterocycles. The van der Waals surface area contributed by atoms with E-state index in [1.165, 1.54) is 0 Å². The third-order valence-corrected chi connectivity index (χ3v) is 7.94. The number of fused-ring (bicyclic) bond motifs is 5. The molecule has 1 unspecified atom stereocenters. The van der Waals surface area contributed by atoms with Crippen LogP contribution in [0.15, 0.2) is 47.5 Å². The number of pyridine rings is 2. The Morgan fingerprint density at radius 2 is 2.05 bits per heavy atom. The Hall–Kier alpha value is -3.82. The van der Waals surface area contributed by atoms with E-state index in [1.54, 1.807) is 17.6 Å². The van der Waals surface area contributed by atoms with Gasteiger partial charge in [0.2, 0.25) is 0 Å². The summed E-state index contributed by atoms with van der Waals surface area (Å²) in [5.74, 6) is -0.727. The summed E-state index contributed by atoms with van der Waals surface area (Å²) in [6, 6.07) is 9.65. The van der Waals surface area contributed by atoms with Crippen molar-refractivity contribution in [3.05, 3.63) is 69.8 Å². The summed E-state index contributed by atoms with van der Waals surface area (Å²) in [6.45, 7) is 2.61. The molecule has 37 heavy (non-hydrogen) atoms. The number of nitrogens with zero attached hydrogens (tertiary/aromatic N) is 4. The highest BCUT2D eigenvalue weighted by atomic mass is 16.6. The zero-order valence-electron chi connectivity index (χ0n) is 20.4. The highest BCUT2D eigenvalue weighted by Gasteiger charge is 2.45. The molecule has 1 saturated heterocycles. The molecule has 9 nitrogen and oxygen atoms in total. The lowest BCUT2D eigenvalue weighted by molar-refractivity contribution is -0.172. The van der Waals surface area contributed by atoms with Crippen LogP contribution in [0, 0.1) is 0 Å². The highest BCUT2D eigenvalue weighted by Crippen LogP contribution is 2.43. The molecule has 2 atom stereocenters. The van der Waals surface area contributed by atoms with Crippen molar-refractivity contribution in [3.8, 4) is 22.5 Å². The maximum absolute atomic E-state index is 13.6. The average Bonchev–Trinajstić information content (AvgIpc) is 3.56. The Morgan fingerprint density at radius 3 is 2.86 bits per heavy atom. The Morgan fingerprint density at radius 1 is 1.19 bits per heavy atom. The third kappa shape index (κ3) is 3.17. The van der Waals surface area contributed by atoms with E-state index < -0.39 is 11.6 Å². The van der Waals surface area contributed by atoms with Crippen LogP contribution in [0.25, 0.3) is 33.4 Å². The molecule has 9 heteroatoms. The number of benzene rings is 1. The predicted octanol–water partition coefficient (Wildman–Crippen LogP) is 3.64. The van der Waals surface area contributed by atoms with Crippen LogP contribution in [0.2, 0.25) is 0 Å². The van der Waals surface area contributed by atoms with Crippen LogP contribution >= 0.6 is 0 Å². The largest absolute Gasteiger partial charge is 0.458 e. The number of hydrogen-bond donors (Lipinski definition) is 1. The maximum Gasteiger partial charge on any atom is 0.343 e. The highest BCUT2D eigenvalue weighted by molar-refractivity contribution is 5.99. The van der Waals surface area contributed by atoms with Gasteiger partial charge in [-0.2, -0.15) is 5.10 Å². The third-order valence-electron chi connectivity index (χ3n) is 7.94. The quantitative estimate of drug-likeness (QED) is 0.378. The minimum absolute atomic E-state index is 0.0838. The first-order valence-electron chi connectivity index (χ1n) is 12.7. The van der Waals surface area contributed by atoms with E-state index in [2.05, 4.69) is 5.10 Å². The van der Waals surface area contributed by atoms with Crippen LogP contribution in [0.4, 0.5) is 0 Å². The van der Waals surface area contributed by atoms with Crippen LogP contribution < -0.4 is 5.56 Å². The Labute approximate surface area is 212 Å². The number of ether oxygens (including phenoxy) is 2. The number of rotatable bonds is 3. The van der Waals surface area contributed by atoms with Crippen molar-refractivity contribution < 1.29 is 19.4 Å². The van der Waals surface area contributed by atoms with Crippen molar-refractivity contribution in [2.75, 3.05) is 6.61 Å². The topological polar surface area (TPSA) is 108 Å². The average molecular weight is 499 g/mol. The van der Waals surface area contributed by atoms with Crippen molar-refractivity contribution in [3.63, 3.8) is 0 Å². The molecular formula is C28H26N4O5. The number of carbonyl (C=O) groups is 1. The summed E-state index contributed by atoms with van der Waals surface area (Å²) in [6.07, 6.45) is 6.97. The minimum atomic E-state index is -1.86. The molecule has 0 bridgehead atoms. The van der Waals surface area contributed by atoms with E-state index in [0.717, 1.165) is 53.5 Å². The molecule has 0 saturated carbocycles. The number of esters is 1. The fourth-order valence-corrected chi connectivity index (χ4v) is 5.91. The van der Waals surface area contributed by atoms with Crippen LogP contribution in [-0.2, 0) is 33.0 Å². The van der Waals surface area contributed by atoms with Gasteiger partial charge in [-0.1, -0.05) is 25.1 Å². The summed E-state index contributed by atoms with van der Waals surface area (Å²) in [7, 11) is 0. The van der Waals surface area contributed by atoms with Gasteiger partial charge in [-0.15, -0.1) is 0 Å². The van der Waals surface area contributed by atoms with Crippen molar-refractivity contribution in [1.29, 1.82) is 0 Å². The van der Waals surface area contributed by atoms with E-state index in [-0.39, 0.29) is 24.8 Å². The number of aliphatic hydroxyl groups is 1. The summed E-state index contributed by atoms with van der Waals surface area (Å²) in [4.78, 5) is 31.1. The van der Waals surface area contributed by atoms with Gasteiger partial charge in [0.15, 0.2) is 5.60 Å². The molecule has 7 rings (SSSR count). The van der Waals surface area contributed by atoms with Gasteiger partial charge in [0.05, 0.1) is 35.2 Å². The van der Waals surface area contributed by atoms with Gasteiger partial charge < -0.3 is 19.1 Å². The zero-order valence-corrected chi connectivity index (χ0v) is 20.4. The lowest BCUT2D eigenvalue weighted by Crippen LogP contribution is -2.44. The van der Waals surface area contributed by atoms with Crippen LogP contribution in [0.5, 0.6) is 0 Å². The van der Waals surface area contributed by atoms with E-state index in [9.17, 15) is 14.7 Å². The monoisotopic (exact) mass is 498 g/mol. The standard InChI is InChI=1S/C28H26N4O5/c1-2-28(35)20-11-22-25-18(14-31(22)26(33)19(20)15-37-27(28)34)24(17-7-3-4-8-21(17)30-25)16-12-29-32(13-16)23-9-5-6-10-36-23/h3-4,7-8,11-13,23,35H,2,5-6,9-10,14-15H2,1H3/t23?,28-/m0/s1. The minimum Gasteiger partial charge on any atom is -0.458 e. The Kier molecular flexibility index (Phi) is 4.90. The molecule has 188 valence electrons. The van der Waals surface area contributed by atoms with Gasteiger partial charge in [-0.3, -0.25) is 4.79 Å². The van der Waals surface area contributed by atoms with E-state index in [0.29, 0.717) is 29.1 Å². The number of aromatic nitrogens is 4. The number of para-hydroxylation sites is 1. The molecule has 0 radical (unpaired) electrons. The van der Waals surface area contributed by atoms with Gasteiger partial charge >= 0.3 is 5.97 Å². The van der Waals surface area contributed by atoms with Crippen LogP contribution in [0.3, 0.4) is 0 Å². The second kappa shape index (κ2) is 8.09. The Balaban J connectivity index is 1.45. The maximum atomic E-state index is 13.6. The van der Waals surface area contributed by atoms with Crippen LogP contribution in [-0.4, -0.2) is 37.0 Å². The van der Waals surface area contributed by atoms with Gasteiger partial charge in [0.1, 0.15) is 12.8 Å². The second-order valence-corrected chi connectivity index (χ2v) is 9.96. The smallest absolute Gasteiger partial charge is 0.343 e. The normalized spacial score (nSPS) is 22.4. The molecule has 1 N–H and O–H groups in total. The van der Waals surface area contributed by atoms with E-state index >= 15 is 0 Å². The Bertz CT molecular complexity index is 1650. The molecule has 4 aromatic rings. The molecule has 1 fully saturated rings. The second-order valence-electron chi connectivity index (χ2n) is 9.96. The zero-order chi connectivity index (χ0) is 25.3. The number of hydrogen-bond acceptors (Lipinski definition) is 7. The lowest BCUT2D eigenvalue weighted by atomic mass is 9.86. The molecule has 0 spiro atoms. The fraction of sp³-hybridized carbons (Fsp3) is 0.357. The molecular weight excluding hydrogens is 472 g/mol. The van der Waals surface area contributed by atoms with Crippen LogP contribution in [0.1, 0.15) is 55.5 Å². The number of cyclic esters (lactones) is 1. The summed E-state index contributed by atoms with van der Waals surface area (Å²) < 4.78 is 14.7. The van der Waals surface area contributed by atoms with Crippen molar-refractivity contribution in [1.82, 2.24) is 19.3 Å². The summed E-state index contributed by atoms with van der Waals surface area (Å²) >= 11 is 0. The lowest BCUT2D eigenvalue weighted by Gasteiger charge is -2.31. The molecule has 0 amide bonds. The number of carbonyl (C=O) groups excluding carboxylic acids is 1. The van der Waals surface area contributed by atoms with Gasteiger partial charge in [-0.25, -0.2) is 14.5 Å². The fourth-order valence-electron chi connectivity index (χ4n) is 5.91. The first kappa shape index (κ1) is 22.4. The predicted molar refractivity (Wildman–Crippen MR) is 135 cm³/mol. The molecule has 3 aliphatic rings. The molecule has 1 aromatic carbocycles. The van der Waals surface area contributed by atoms with Gasteiger partial charge in [-0.05, 0) is 37.8 Å². The summed E-state index contributed by atoms with van der Waals surface area (Å²) in [5.41, 5.74) is 3.37. The van der Waals surface area contributed by atoms with Crippen molar-refractivity contribution >= 4 is 16.9 Å². The molecule has 6 heterocycles. The SMILES string of the molecule is CC[C@@]1(O)C(=O)OCc2c1cc1n(c2=O)Cc2c-1nc1ccccc1c2-c1cnn(C2CCCCO2)c1. The van der Waals surface area contributed by atoms with E-state index in [1.807, 2.05) is 41.3 Å². The van der Waals surface area contributed by atoms with Crippen molar-refractivity contribution in [2.45, 2.75) is 57.6 Å². The molecule has 3 aromatic heterocycles. The first-order chi connectivity index (χ1) is 18.0. The first-order valence-corrected chi connectivity index (χ1v) is 12.7. The summed E-state index contributed by atoms with van der Waals surface area (Å²) in [5, 5.41) is 16.8. The van der Waals surface area contributed by atoms with Gasteiger partial charge in [0, 0.05) is 40.4 Å². The van der Waals surface area contributed by atoms with Crippen molar-refractivity contribution in [2.24, 2.45) is 0 Å². The van der Waals surface area contributed by atoms with Gasteiger partial charge in [0.25, 0.3) is 5.56 Å².